The molecule has 0 saturated heterocycles. The molecule has 29 heavy (non-hydrogen) atoms. The molecule has 0 amide bonds. The number of nitrogens with one attached hydrogen (secondary N) is 1. The van der Waals surface area contributed by atoms with Crippen LogP contribution in [0.3, 0.4) is 0 Å². The summed E-state index contributed by atoms with van der Waals surface area (Å²) < 4.78 is 7.94. The maximum Gasteiger partial charge on any atom is 0.341 e. The molecule has 1 fully saturated rings. The van der Waals surface area contributed by atoms with E-state index in [-0.39, 0.29) is 11.6 Å². The zero-order chi connectivity index (χ0) is 20.1. The predicted molar refractivity (Wildman–Crippen MR) is 109 cm³/mol. The quantitative estimate of drug-likeness (QED) is 0.706. The third-order valence-corrected chi connectivity index (χ3v) is 5.61. The first-order valence-corrected chi connectivity index (χ1v) is 9.83. The summed E-state index contributed by atoms with van der Waals surface area (Å²) in [6.45, 7) is 3.62. The summed E-state index contributed by atoms with van der Waals surface area (Å²) in [5.74, 6) is -0.386. The van der Waals surface area contributed by atoms with Crippen molar-refractivity contribution in [1.82, 2.24) is 9.55 Å². The molecule has 0 atom stereocenters. The molecule has 2 aromatic heterocycles. The van der Waals surface area contributed by atoms with E-state index in [0.717, 1.165) is 53.0 Å². The summed E-state index contributed by atoms with van der Waals surface area (Å²) >= 11 is 0. The molecule has 7 nitrogen and oxygen atoms in total. The number of carboxylic acids is 1. The second-order valence-corrected chi connectivity index (χ2v) is 7.55. The maximum atomic E-state index is 12.8. The van der Waals surface area contributed by atoms with Crippen molar-refractivity contribution in [1.29, 1.82) is 0 Å². The average Bonchev–Trinajstić information content (AvgIpc) is 3.54. The van der Waals surface area contributed by atoms with E-state index < -0.39 is 11.4 Å². The van der Waals surface area contributed by atoms with Crippen LogP contribution < -0.4 is 10.7 Å². The number of carboxylic acid groups (broad SMARTS) is 1. The van der Waals surface area contributed by atoms with Gasteiger partial charge < -0.3 is 19.7 Å². The number of nitrogens with zero attached hydrogens (tertiary/aromatic N) is 2. The highest BCUT2D eigenvalue weighted by Gasteiger charge is 2.29. The van der Waals surface area contributed by atoms with Crippen LogP contribution in [0.15, 0.2) is 35.4 Å². The Balaban J connectivity index is 1.80. The Hall–Kier alpha value is -3.19. The van der Waals surface area contributed by atoms with Crippen LogP contribution in [0.25, 0.3) is 22.0 Å². The van der Waals surface area contributed by atoms with Gasteiger partial charge in [0.2, 0.25) is 5.43 Å². The SMILES string of the molecule is CCNc1cc2c(cn1)-c1ccc3c(=O)c(C(=O)O)cn(C4CC4)c3c1COC2. The van der Waals surface area contributed by atoms with E-state index in [2.05, 4.69) is 10.3 Å². The van der Waals surface area contributed by atoms with Crippen LogP contribution in [0.5, 0.6) is 0 Å². The first-order chi connectivity index (χ1) is 14.1. The highest BCUT2D eigenvalue weighted by atomic mass is 16.5. The number of pyridine rings is 2. The molecule has 0 bridgehead atoms. The maximum absolute atomic E-state index is 12.8. The van der Waals surface area contributed by atoms with Crippen LogP contribution in [-0.4, -0.2) is 27.2 Å². The van der Waals surface area contributed by atoms with Crippen LogP contribution in [0, 0.1) is 0 Å². The number of carbonyl (C=O) groups is 1. The summed E-state index contributed by atoms with van der Waals surface area (Å²) in [5, 5.41) is 13.1. The molecular weight excluding hydrogens is 370 g/mol. The van der Waals surface area contributed by atoms with Crippen molar-refractivity contribution in [3.8, 4) is 11.1 Å². The molecule has 148 valence electrons. The van der Waals surface area contributed by atoms with Crippen LogP contribution in [0.2, 0.25) is 0 Å². The van der Waals surface area contributed by atoms with Crippen molar-refractivity contribution in [2.45, 2.75) is 39.0 Å². The summed E-state index contributed by atoms with van der Waals surface area (Å²) in [6, 6.07) is 5.86. The molecule has 1 aromatic carbocycles. The standard InChI is InChI=1S/C22H21N3O4/c1-2-23-19-7-12-10-29-11-18-14(16(12)8-24-19)5-6-15-20(18)25(13-3-4-13)9-17(21(15)26)22(27)28/h5-9,13H,2-4,10-11H2,1H3,(H,23,24)(H,27,28). The fraction of sp³-hybridized carbons (Fsp3) is 0.318. The Bertz CT molecular complexity index is 1210. The number of hydrogen-bond acceptors (Lipinski definition) is 5. The van der Waals surface area contributed by atoms with Gasteiger partial charge >= 0.3 is 5.97 Å². The van der Waals surface area contributed by atoms with Crippen molar-refractivity contribution >= 4 is 22.7 Å². The van der Waals surface area contributed by atoms with Gasteiger partial charge in [0.1, 0.15) is 11.4 Å². The van der Waals surface area contributed by atoms with E-state index in [1.165, 1.54) is 6.20 Å². The molecular formula is C22H21N3O4. The lowest BCUT2D eigenvalue weighted by Crippen LogP contribution is -2.19. The molecule has 1 aliphatic heterocycles. The van der Waals surface area contributed by atoms with Crippen LogP contribution in [0.4, 0.5) is 5.82 Å². The lowest BCUT2D eigenvalue weighted by molar-refractivity contribution is 0.0695. The van der Waals surface area contributed by atoms with Crippen LogP contribution in [0.1, 0.15) is 47.3 Å². The second-order valence-electron chi connectivity index (χ2n) is 7.55. The number of anilines is 1. The van der Waals surface area contributed by atoms with Crippen molar-refractivity contribution in [3.05, 3.63) is 57.5 Å². The molecule has 7 heteroatoms. The lowest BCUT2D eigenvalue weighted by atomic mass is 9.95. The number of fused-ring (bicyclic) bond motifs is 5. The Morgan fingerprint density at radius 3 is 2.86 bits per heavy atom. The fourth-order valence-electron chi connectivity index (χ4n) is 4.11. The third-order valence-electron chi connectivity index (χ3n) is 5.61. The summed E-state index contributed by atoms with van der Waals surface area (Å²) in [5.41, 5.74) is 4.07. The lowest BCUT2D eigenvalue weighted by Gasteiger charge is -2.17. The van der Waals surface area contributed by atoms with Gasteiger partial charge in [0.25, 0.3) is 0 Å². The number of aromatic nitrogens is 2. The molecule has 1 aliphatic carbocycles. The number of benzene rings is 1. The highest BCUT2D eigenvalue weighted by Crippen LogP contribution is 2.41. The first-order valence-electron chi connectivity index (χ1n) is 9.83. The Labute approximate surface area is 167 Å². The van der Waals surface area contributed by atoms with Gasteiger partial charge in [-0.3, -0.25) is 4.79 Å². The summed E-state index contributed by atoms with van der Waals surface area (Å²) in [7, 11) is 0. The molecule has 2 aliphatic rings. The molecule has 3 aromatic rings. The van der Waals surface area contributed by atoms with E-state index in [1.807, 2.05) is 29.8 Å². The van der Waals surface area contributed by atoms with E-state index >= 15 is 0 Å². The van der Waals surface area contributed by atoms with E-state index in [0.29, 0.717) is 18.6 Å². The molecule has 0 unspecified atom stereocenters. The van der Waals surface area contributed by atoms with Crippen LogP contribution in [-0.2, 0) is 18.0 Å². The van der Waals surface area contributed by atoms with Crippen molar-refractivity contribution in [2.75, 3.05) is 11.9 Å². The molecule has 5 rings (SSSR count). The third kappa shape index (κ3) is 2.89. The Morgan fingerprint density at radius 1 is 1.31 bits per heavy atom. The Kier molecular flexibility index (Phi) is 4.13. The largest absolute Gasteiger partial charge is 0.477 e. The van der Waals surface area contributed by atoms with Gasteiger partial charge in [-0.1, -0.05) is 6.07 Å². The van der Waals surface area contributed by atoms with Gasteiger partial charge in [0.05, 0.1) is 18.7 Å². The minimum Gasteiger partial charge on any atom is -0.477 e. The van der Waals surface area contributed by atoms with Gasteiger partial charge in [-0.2, -0.15) is 0 Å². The number of aromatic carboxylic acids is 1. The minimum atomic E-state index is -1.19. The number of ether oxygens (including phenoxy) is 1. The Morgan fingerprint density at radius 2 is 2.14 bits per heavy atom. The van der Waals surface area contributed by atoms with Gasteiger partial charge in [0, 0.05) is 41.5 Å². The minimum absolute atomic E-state index is 0.184. The monoisotopic (exact) mass is 391 g/mol. The smallest absolute Gasteiger partial charge is 0.341 e. The molecule has 0 radical (unpaired) electrons. The topological polar surface area (TPSA) is 93.5 Å². The highest BCUT2D eigenvalue weighted by molar-refractivity contribution is 5.96. The van der Waals surface area contributed by atoms with Gasteiger partial charge in [0.15, 0.2) is 0 Å². The zero-order valence-electron chi connectivity index (χ0n) is 16.1. The number of hydrogen-bond donors (Lipinski definition) is 2. The van der Waals surface area contributed by atoms with E-state index in [1.54, 1.807) is 6.07 Å². The van der Waals surface area contributed by atoms with Gasteiger partial charge in [-0.05, 0) is 43.0 Å². The fourth-order valence-corrected chi connectivity index (χ4v) is 4.11. The molecule has 3 heterocycles. The zero-order valence-corrected chi connectivity index (χ0v) is 16.1. The van der Waals surface area contributed by atoms with Crippen LogP contribution >= 0.6 is 0 Å². The number of rotatable bonds is 4. The van der Waals surface area contributed by atoms with Gasteiger partial charge in [-0.15, -0.1) is 0 Å². The molecule has 0 spiro atoms. The molecule has 2 N–H and O–H groups in total. The predicted octanol–water partition coefficient (Wildman–Crippen LogP) is 3.56. The second kappa shape index (κ2) is 6.70. The first kappa shape index (κ1) is 17.9. The van der Waals surface area contributed by atoms with Crippen molar-refractivity contribution in [2.24, 2.45) is 0 Å². The van der Waals surface area contributed by atoms with Gasteiger partial charge in [-0.25, -0.2) is 9.78 Å². The van der Waals surface area contributed by atoms with E-state index in [4.69, 9.17) is 4.74 Å². The summed E-state index contributed by atoms with van der Waals surface area (Å²) in [4.78, 5) is 29.0. The van der Waals surface area contributed by atoms with E-state index in [9.17, 15) is 14.7 Å². The molecule has 1 saturated carbocycles. The van der Waals surface area contributed by atoms with Crippen molar-refractivity contribution in [3.63, 3.8) is 0 Å². The average molecular weight is 391 g/mol. The summed E-state index contributed by atoms with van der Waals surface area (Å²) in [6.07, 6.45) is 5.30. The van der Waals surface area contributed by atoms with Crippen molar-refractivity contribution < 1.29 is 14.6 Å². The normalized spacial score (nSPS) is 15.5.